The predicted molar refractivity (Wildman–Crippen MR) is 55.9 cm³/mol. The number of halogens is 1. The molecule has 0 unspecified atom stereocenters. The van der Waals surface area contributed by atoms with Gasteiger partial charge in [0.2, 0.25) is 0 Å². The summed E-state index contributed by atoms with van der Waals surface area (Å²) in [7, 11) is 1.25. The summed E-state index contributed by atoms with van der Waals surface area (Å²) in [5.74, 6) is -0.422. The molecular weight excluding hydrogens is 266 g/mol. The Balaban J connectivity index is 2.96. The second kappa shape index (κ2) is 5.35. The number of benzene rings is 1. The fourth-order valence-corrected chi connectivity index (χ4v) is 1.03. The number of methoxy groups -OCH3 is 1. The van der Waals surface area contributed by atoms with E-state index in [4.69, 9.17) is 4.74 Å². The smallest absolute Gasteiger partial charge is 0.422 e. The van der Waals surface area contributed by atoms with Crippen molar-refractivity contribution in [2.75, 3.05) is 7.11 Å². The normalized spacial score (nSPS) is 9.20. The van der Waals surface area contributed by atoms with Crippen molar-refractivity contribution in [3.05, 3.63) is 29.8 Å². The van der Waals surface area contributed by atoms with Gasteiger partial charge in [-0.25, -0.2) is 9.59 Å². The summed E-state index contributed by atoms with van der Waals surface area (Å²) in [6.07, 6.45) is -0.716. The molecule has 0 heterocycles. The molecule has 15 heavy (non-hydrogen) atoms. The van der Waals surface area contributed by atoms with E-state index in [1.165, 1.54) is 19.2 Å². The molecule has 80 valence electrons. The molecule has 0 aliphatic heterocycles. The quantitative estimate of drug-likeness (QED) is 0.660. The first-order valence-corrected chi connectivity index (χ1v) is 4.74. The van der Waals surface area contributed by atoms with Crippen LogP contribution in [0.4, 0.5) is 4.79 Å². The lowest BCUT2D eigenvalue weighted by Gasteiger charge is -2.06. The number of amides is 1. The molecular formula is C9H8BrNO4. The van der Waals surface area contributed by atoms with E-state index in [2.05, 4.69) is 25.2 Å². The number of carbonyl (C=O) groups is 2. The number of rotatable bonds is 2. The average molecular weight is 274 g/mol. The van der Waals surface area contributed by atoms with E-state index in [9.17, 15) is 9.59 Å². The van der Waals surface area contributed by atoms with Gasteiger partial charge < -0.3 is 9.47 Å². The number of hydrogen-bond acceptors (Lipinski definition) is 4. The van der Waals surface area contributed by atoms with Crippen LogP contribution in [0.1, 0.15) is 10.4 Å². The lowest BCUT2D eigenvalue weighted by molar-refractivity contribution is 0.0598. The molecule has 1 aromatic rings. The van der Waals surface area contributed by atoms with E-state index >= 15 is 0 Å². The zero-order valence-corrected chi connectivity index (χ0v) is 9.41. The Morgan fingerprint density at radius 1 is 1.33 bits per heavy atom. The van der Waals surface area contributed by atoms with E-state index in [1.807, 2.05) is 0 Å². The zero-order valence-electron chi connectivity index (χ0n) is 7.82. The lowest BCUT2D eigenvalue weighted by atomic mass is 10.2. The molecule has 1 rings (SSSR count). The third kappa shape index (κ3) is 2.95. The second-order valence-electron chi connectivity index (χ2n) is 2.47. The van der Waals surface area contributed by atoms with Crippen molar-refractivity contribution in [1.29, 1.82) is 0 Å². The summed E-state index contributed by atoms with van der Waals surface area (Å²) in [4.78, 5) is 22.2. The van der Waals surface area contributed by atoms with Crippen molar-refractivity contribution in [3.63, 3.8) is 0 Å². The summed E-state index contributed by atoms with van der Waals surface area (Å²) in [5, 5.41) is 0. The highest BCUT2D eigenvalue weighted by molar-refractivity contribution is 9.08. The van der Waals surface area contributed by atoms with Crippen LogP contribution in [0.15, 0.2) is 24.3 Å². The fraction of sp³-hybridized carbons (Fsp3) is 0.111. The van der Waals surface area contributed by atoms with Crippen LogP contribution in [0.25, 0.3) is 0 Å². The molecule has 0 atom stereocenters. The maximum atomic E-state index is 11.3. The molecule has 0 aliphatic rings. The van der Waals surface area contributed by atoms with Gasteiger partial charge in [0.25, 0.3) is 0 Å². The van der Waals surface area contributed by atoms with Gasteiger partial charge in [-0.05, 0) is 12.1 Å². The van der Waals surface area contributed by atoms with Gasteiger partial charge in [-0.3, -0.25) is 4.34 Å². The van der Waals surface area contributed by atoms with E-state index in [0.717, 1.165) is 0 Å². The Bertz CT molecular complexity index is 380. The Labute approximate surface area is 94.7 Å². The van der Waals surface area contributed by atoms with Gasteiger partial charge in [0.1, 0.15) is 11.3 Å². The molecule has 0 aromatic heterocycles. The Kier molecular flexibility index (Phi) is 4.11. The molecule has 1 N–H and O–H groups in total. The first kappa shape index (κ1) is 11.5. The van der Waals surface area contributed by atoms with Crippen LogP contribution in [0.3, 0.4) is 0 Å². The van der Waals surface area contributed by atoms with Gasteiger partial charge >= 0.3 is 12.1 Å². The molecule has 0 bridgehead atoms. The van der Waals surface area contributed by atoms with Gasteiger partial charge in [-0.15, -0.1) is 0 Å². The number of hydrogen-bond donors (Lipinski definition) is 1. The molecule has 1 aromatic carbocycles. The van der Waals surface area contributed by atoms with Crippen molar-refractivity contribution >= 4 is 28.2 Å². The Morgan fingerprint density at radius 3 is 2.60 bits per heavy atom. The highest BCUT2D eigenvalue weighted by atomic mass is 79.9. The highest BCUT2D eigenvalue weighted by Crippen LogP contribution is 2.18. The van der Waals surface area contributed by atoms with E-state index in [-0.39, 0.29) is 11.3 Å². The number of carbonyl (C=O) groups excluding carboxylic acids is 2. The van der Waals surface area contributed by atoms with Crippen LogP contribution in [0, 0.1) is 0 Å². The van der Waals surface area contributed by atoms with Crippen LogP contribution < -0.4 is 9.08 Å². The van der Waals surface area contributed by atoms with Crippen LogP contribution >= 0.6 is 16.1 Å². The van der Waals surface area contributed by atoms with Crippen LogP contribution in [-0.4, -0.2) is 19.2 Å². The minimum Gasteiger partial charge on any atom is -0.465 e. The van der Waals surface area contributed by atoms with Crippen molar-refractivity contribution < 1.29 is 19.1 Å². The number of para-hydroxylation sites is 1. The molecule has 5 nitrogen and oxygen atoms in total. The van der Waals surface area contributed by atoms with Gasteiger partial charge in [0.15, 0.2) is 0 Å². The molecule has 0 fully saturated rings. The highest BCUT2D eigenvalue weighted by Gasteiger charge is 2.14. The van der Waals surface area contributed by atoms with Crippen LogP contribution in [-0.2, 0) is 4.74 Å². The third-order valence-electron chi connectivity index (χ3n) is 1.57. The minimum atomic E-state index is -0.716. The monoisotopic (exact) mass is 273 g/mol. The summed E-state index contributed by atoms with van der Waals surface area (Å²) in [6, 6.07) is 6.28. The molecule has 0 saturated carbocycles. The first-order valence-electron chi connectivity index (χ1n) is 3.95. The summed E-state index contributed by atoms with van der Waals surface area (Å²) in [6.45, 7) is 0. The van der Waals surface area contributed by atoms with Crippen molar-refractivity contribution in [1.82, 2.24) is 4.34 Å². The van der Waals surface area contributed by atoms with Crippen LogP contribution in [0.5, 0.6) is 5.75 Å². The average Bonchev–Trinajstić information content (AvgIpc) is 2.28. The lowest BCUT2D eigenvalue weighted by Crippen LogP contribution is -2.18. The SMILES string of the molecule is COC(=O)c1ccccc1OC(=O)NBr. The van der Waals surface area contributed by atoms with E-state index < -0.39 is 12.1 Å². The van der Waals surface area contributed by atoms with Crippen molar-refractivity contribution in [2.45, 2.75) is 0 Å². The number of nitrogens with one attached hydrogen (secondary N) is 1. The molecule has 1 amide bonds. The van der Waals surface area contributed by atoms with E-state index in [1.54, 1.807) is 12.1 Å². The first-order chi connectivity index (χ1) is 7.19. The number of ether oxygens (including phenoxy) is 2. The molecule has 0 saturated heterocycles. The molecule has 6 heteroatoms. The van der Waals surface area contributed by atoms with Gasteiger partial charge in [-0.2, -0.15) is 0 Å². The van der Waals surface area contributed by atoms with Crippen LogP contribution in [0.2, 0.25) is 0 Å². The van der Waals surface area contributed by atoms with Gasteiger partial charge in [0.05, 0.1) is 23.3 Å². The third-order valence-corrected chi connectivity index (χ3v) is 1.90. The zero-order chi connectivity index (χ0) is 11.3. The molecule has 0 aliphatic carbocycles. The maximum absolute atomic E-state index is 11.3. The van der Waals surface area contributed by atoms with E-state index in [0.29, 0.717) is 0 Å². The summed E-state index contributed by atoms with van der Waals surface area (Å²) >= 11 is 2.71. The molecule has 0 radical (unpaired) electrons. The minimum absolute atomic E-state index is 0.140. The topological polar surface area (TPSA) is 64.6 Å². The summed E-state index contributed by atoms with van der Waals surface area (Å²) in [5.41, 5.74) is 0.191. The standard InChI is InChI=1S/C9H8BrNO4/c1-14-8(12)6-4-2-3-5-7(6)15-9(13)11-10/h2-5H,1H3,(H,11,13). The summed E-state index contributed by atoms with van der Waals surface area (Å²) < 4.78 is 11.4. The Hall–Kier alpha value is -1.56. The number of esters is 1. The van der Waals surface area contributed by atoms with Gasteiger partial charge in [0, 0.05) is 0 Å². The van der Waals surface area contributed by atoms with Crippen molar-refractivity contribution in [3.8, 4) is 5.75 Å². The predicted octanol–water partition coefficient (Wildman–Crippen LogP) is 1.87. The largest absolute Gasteiger partial charge is 0.465 e. The maximum Gasteiger partial charge on any atom is 0.422 e. The molecule has 0 spiro atoms. The fourth-order valence-electron chi connectivity index (χ4n) is 0.953. The Morgan fingerprint density at radius 2 is 2.00 bits per heavy atom. The van der Waals surface area contributed by atoms with Crippen molar-refractivity contribution in [2.24, 2.45) is 0 Å². The second-order valence-corrected chi connectivity index (χ2v) is 2.87. The van der Waals surface area contributed by atoms with Gasteiger partial charge in [-0.1, -0.05) is 12.1 Å².